The number of hydrogen-bond acceptors (Lipinski definition) is 1. The average Bonchev–Trinajstić information content (AvgIpc) is 2.47. The quantitative estimate of drug-likeness (QED) is 0.799. The van der Waals surface area contributed by atoms with E-state index in [1.165, 1.54) is 5.56 Å². The van der Waals surface area contributed by atoms with Gasteiger partial charge >= 0.3 is 0 Å². The van der Waals surface area contributed by atoms with E-state index < -0.39 is 0 Å². The molecule has 0 aliphatic heterocycles. The van der Waals surface area contributed by atoms with Crippen LogP contribution in [0.1, 0.15) is 36.3 Å². The molecular formula is C18H18O. The van der Waals surface area contributed by atoms with E-state index in [2.05, 4.69) is 43.3 Å². The van der Waals surface area contributed by atoms with Crippen molar-refractivity contribution in [3.05, 3.63) is 71.8 Å². The number of hydrogen-bond donors (Lipinski definition) is 0. The molecule has 2 aromatic carbocycles. The van der Waals surface area contributed by atoms with E-state index in [-0.39, 0.29) is 11.8 Å². The summed E-state index contributed by atoms with van der Waals surface area (Å²) < 4.78 is 0. The fraction of sp³-hybridized carbons (Fsp3) is 0.278. The summed E-state index contributed by atoms with van der Waals surface area (Å²) in [6.07, 6.45) is 0.932. The summed E-state index contributed by atoms with van der Waals surface area (Å²) in [5.41, 5.74) is 2.45. The standard InChI is InChI=1S/C18H18O/c1-2-15-16(13-9-5-3-6-10-13)17(18(15)19)14-11-7-4-8-12-14/h3-12,15-17H,2H2,1H3. The van der Waals surface area contributed by atoms with Crippen LogP contribution < -0.4 is 0 Å². The van der Waals surface area contributed by atoms with Crippen LogP contribution >= 0.6 is 0 Å². The zero-order valence-corrected chi connectivity index (χ0v) is 11.1. The third kappa shape index (κ3) is 1.99. The first kappa shape index (κ1) is 12.2. The molecule has 0 aromatic heterocycles. The monoisotopic (exact) mass is 250 g/mol. The van der Waals surface area contributed by atoms with Crippen molar-refractivity contribution in [2.45, 2.75) is 25.2 Å². The third-order valence-corrected chi connectivity index (χ3v) is 4.25. The topological polar surface area (TPSA) is 17.1 Å². The van der Waals surface area contributed by atoms with Gasteiger partial charge in [0.25, 0.3) is 0 Å². The molecule has 0 heterocycles. The highest BCUT2D eigenvalue weighted by Gasteiger charge is 2.49. The Morgan fingerprint density at radius 3 is 1.89 bits per heavy atom. The lowest BCUT2D eigenvalue weighted by Crippen LogP contribution is -2.43. The van der Waals surface area contributed by atoms with E-state index in [9.17, 15) is 4.79 Å². The second kappa shape index (κ2) is 5.00. The summed E-state index contributed by atoms with van der Waals surface area (Å²) in [7, 11) is 0. The minimum atomic E-state index is 0.0496. The second-order valence-corrected chi connectivity index (χ2v) is 5.24. The van der Waals surface area contributed by atoms with Crippen LogP contribution in [0.3, 0.4) is 0 Å². The Balaban J connectivity index is 1.98. The smallest absolute Gasteiger partial charge is 0.144 e. The predicted molar refractivity (Wildman–Crippen MR) is 77.2 cm³/mol. The first-order valence-electron chi connectivity index (χ1n) is 6.96. The van der Waals surface area contributed by atoms with Gasteiger partial charge in [0, 0.05) is 11.8 Å². The Morgan fingerprint density at radius 2 is 1.37 bits per heavy atom. The van der Waals surface area contributed by atoms with E-state index in [4.69, 9.17) is 0 Å². The number of carbonyl (C=O) groups is 1. The molecule has 3 atom stereocenters. The fourth-order valence-electron chi connectivity index (χ4n) is 3.29. The molecule has 2 aromatic rings. The summed E-state index contributed by atoms with van der Waals surface area (Å²) in [6, 6.07) is 20.6. The first-order valence-corrected chi connectivity index (χ1v) is 6.96. The summed E-state index contributed by atoms with van der Waals surface area (Å²) >= 11 is 0. The Hall–Kier alpha value is -1.89. The first-order chi connectivity index (χ1) is 9.33. The van der Waals surface area contributed by atoms with Crippen LogP contribution in [0.2, 0.25) is 0 Å². The molecular weight excluding hydrogens is 232 g/mol. The predicted octanol–water partition coefficient (Wildman–Crippen LogP) is 4.16. The fourth-order valence-corrected chi connectivity index (χ4v) is 3.29. The van der Waals surface area contributed by atoms with E-state index in [1.807, 2.05) is 24.3 Å². The van der Waals surface area contributed by atoms with Crippen LogP contribution in [0.25, 0.3) is 0 Å². The maximum Gasteiger partial charge on any atom is 0.144 e. The third-order valence-electron chi connectivity index (χ3n) is 4.25. The maximum atomic E-state index is 12.4. The number of carbonyl (C=O) groups excluding carboxylic acids is 1. The highest BCUT2D eigenvalue weighted by Crippen LogP contribution is 2.51. The molecule has 1 saturated carbocycles. The number of rotatable bonds is 3. The molecule has 0 radical (unpaired) electrons. The van der Waals surface area contributed by atoms with Crippen molar-refractivity contribution < 1.29 is 4.79 Å². The van der Waals surface area contributed by atoms with Crippen molar-refractivity contribution in [2.24, 2.45) is 5.92 Å². The van der Waals surface area contributed by atoms with Crippen molar-refractivity contribution in [1.82, 2.24) is 0 Å². The van der Waals surface area contributed by atoms with Gasteiger partial charge in [-0.3, -0.25) is 4.79 Å². The average molecular weight is 250 g/mol. The molecule has 19 heavy (non-hydrogen) atoms. The second-order valence-electron chi connectivity index (χ2n) is 5.24. The van der Waals surface area contributed by atoms with Gasteiger partial charge in [-0.2, -0.15) is 0 Å². The van der Waals surface area contributed by atoms with Gasteiger partial charge in [0.05, 0.1) is 5.92 Å². The van der Waals surface area contributed by atoms with Crippen molar-refractivity contribution >= 4 is 5.78 Å². The van der Waals surface area contributed by atoms with Crippen LogP contribution in [0.15, 0.2) is 60.7 Å². The van der Waals surface area contributed by atoms with Gasteiger partial charge in [0.2, 0.25) is 0 Å². The molecule has 0 saturated heterocycles. The molecule has 3 rings (SSSR count). The molecule has 96 valence electrons. The molecule has 1 aliphatic rings. The van der Waals surface area contributed by atoms with Crippen LogP contribution in [0.5, 0.6) is 0 Å². The Kier molecular flexibility index (Phi) is 3.20. The molecule has 1 fully saturated rings. The summed E-state index contributed by atoms with van der Waals surface area (Å²) in [4.78, 5) is 12.4. The molecule has 0 spiro atoms. The van der Waals surface area contributed by atoms with Crippen molar-refractivity contribution in [3.63, 3.8) is 0 Å². The van der Waals surface area contributed by atoms with Gasteiger partial charge in [-0.05, 0) is 17.5 Å². The molecule has 1 heteroatoms. The largest absolute Gasteiger partial charge is 0.299 e. The summed E-state index contributed by atoms with van der Waals surface area (Å²) in [5, 5.41) is 0. The van der Waals surface area contributed by atoms with Crippen LogP contribution in [-0.2, 0) is 4.79 Å². The SMILES string of the molecule is CCC1C(=O)C(c2ccccc2)C1c1ccccc1. The molecule has 0 amide bonds. The molecule has 1 nitrogen and oxygen atoms in total. The highest BCUT2D eigenvalue weighted by atomic mass is 16.1. The van der Waals surface area contributed by atoms with Gasteiger partial charge < -0.3 is 0 Å². The van der Waals surface area contributed by atoms with Crippen molar-refractivity contribution in [2.75, 3.05) is 0 Å². The molecule has 1 aliphatic carbocycles. The number of ketones is 1. The Morgan fingerprint density at radius 1 is 0.842 bits per heavy atom. The minimum absolute atomic E-state index is 0.0496. The van der Waals surface area contributed by atoms with Gasteiger partial charge in [0.15, 0.2) is 0 Å². The van der Waals surface area contributed by atoms with E-state index in [0.717, 1.165) is 12.0 Å². The van der Waals surface area contributed by atoms with Crippen molar-refractivity contribution in [1.29, 1.82) is 0 Å². The Bertz CT molecular complexity index is 559. The van der Waals surface area contributed by atoms with Crippen LogP contribution in [0, 0.1) is 5.92 Å². The van der Waals surface area contributed by atoms with Crippen LogP contribution in [0.4, 0.5) is 0 Å². The van der Waals surface area contributed by atoms with Crippen LogP contribution in [-0.4, -0.2) is 5.78 Å². The normalized spacial score (nSPS) is 25.9. The summed E-state index contributed by atoms with van der Waals surface area (Å²) in [5.74, 6) is 0.991. The van der Waals surface area contributed by atoms with Crippen molar-refractivity contribution in [3.8, 4) is 0 Å². The van der Waals surface area contributed by atoms with E-state index in [1.54, 1.807) is 0 Å². The zero-order chi connectivity index (χ0) is 13.2. The molecule has 0 bridgehead atoms. The number of Topliss-reactive ketones (excluding diaryl/α,β-unsaturated/α-hetero) is 1. The lowest BCUT2D eigenvalue weighted by molar-refractivity contribution is -0.133. The highest BCUT2D eigenvalue weighted by molar-refractivity contribution is 5.96. The molecule has 0 N–H and O–H groups in total. The molecule has 3 unspecified atom stereocenters. The van der Waals surface area contributed by atoms with Gasteiger partial charge in [-0.25, -0.2) is 0 Å². The minimum Gasteiger partial charge on any atom is -0.299 e. The van der Waals surface area contributed by atoms with Gasteiger partial charge in [-0.15, -0.1) is 0 Å². The lowest BCUT2D eigenvalue weighted by Gasteiger charge is -2.43. The van der Waals surface area contributed by atoms with Gasteiger partial charge in [0.1, 0.15) is 5.78 Å². The summed E-state index contributed by atoms with van der Waals surface area (Å²) in [6.45, 7) is 2.11. The maximum absolute atomic E-state index is 12.4. The van der Waals surface area contributed by atoms with E-state index in [0.29, 0.717) is 11.7 Å². The zero-order valence-electron chi connectivity index (χ0n) is 11.1. The Labute approximate surface area is 114 Å². The number of benzene rings is 2. The van der Waals surface area contributed by atoms with E-state index >= 15 is 0 Å². The lowest BCUT2D eigenvalue weighted by atomic mass is 9.58. The van der Waals surface area contributed by atoms with Gasteiger partial charge in [-0.1, -0.05) is 67.6 Å².